The normalized spacial score (nSPS) is 21.9. The second kappa shape index (κ2) is 7.15. The highest BCUT2D eigenvalue weighted by Gasteiger charge is 2.27. The highest BCUT2D eigenvalue weighted by atomic mass is 32.1. The molecule has 25 heavy (non-hydrogen) atoms. The molecule has 0 aliphatic heterocycles. The summed E-state index contributed by atoms with van der Waals surface area (Å²) in [5, 5.41) is 8.31. The van der Waals surface area contributed by atoms with Gasteiger partial charge >= 0.3 is 5.97 Å². The van der Waals surface area contributed by atoms with E-state index >= 15 is 0 Å². The lowest BCUT2D eigenvalue weighted by Gasteiger charge is -2.30. The predicted molar refractivity (Wildman–Crippen MR) is 97.8 cm³/mol. The molecule has 0 aromatic carbocycles. The summed E-state index contributed by atoms with van der Waals surface area (Å²) in [5.41, 5.74) is 0.880. The molecule has 1 aliphatic carbocycles. The molecule has 3 unspecified atom stereocenters. The Hall–Kier alpha value is -1.89. The van der Waals surface area contributed by atoms with E-state index in [0.717, 1.165) is 35.2 Å². The molecule has 136 valence electrons. The zero-order valence-electron chi connectivity index (χ0n) is 15.2. The summed E-state index contributed by atoms with van der Waals surface area (Å²) < 4.78 is 7.14. The third-order valence-electron chi connectivity index (χ3n) is 4.99. The van der Waals surface area contributed by atoms with Gasteiger partial charge in [-0.3, -0.25) is 9.48 Å². The molecule has 2 heterocycles. The monoisotopic (exact) mass is 363 g/mol. The number of aryl methyl sites for hydroxylation is 2. The van der Waals surface area contributed by atoms with Gasteiger partial charge in [-0.05, 0) is 38.7 Å². The molecule has 3 atom stereocenters. The SMILES string of the molecule is Cc1nn(C)c2sc(C(=O)OC(C)C(=O)NC3CCCCC3C)cc12. The molecular weight excluding hydrogens is 338 g/mol. The lowest BCUT2D eigenvalue weighted by atomic mass is 9.86. The molecule has 0 spiro atoms. The molecule has 0 saturated heterocycles. The van der Waals surface area contributed by atoms with Crippen molar-refractivity contribution in [3.8, 4) is 0 Å². The standard InChI is InChI=1S/C18H25N3O3S/c1-10-7-5-6-8-14(10)19-16(22)12(3)24-18(23)15-9-13-11(2)20-21(4)17(13)25-15/h9-10,12,14H,5-8H2,1-4H3,(H,19,22). The first kappa shape index (κ1) is 17.9. The second-order valence-electron chi connectivity index (χ2n) is 6.96. The van der Waals surface area contributed by atoms with Crippen molar-refractivity contribution >= 4 is 33.4 Å². The molecule has 1 N–H and O–H groups in total. The van der Waals surface area contributed by atoms with Gasteiger partial charge in [0.2, 0.25) is 0 Å². The molecule has 3 rings (SSSR count). The van der Waals surface area contributed by atoms with Gasteiger partial charge in [-0.1, -0.05) is 19.8 Å². The van der Waals surface area contributed by atoms with Crippen molar-refractivity contribution in [1.29, 1.82) is 0 Å². The van der Waals surface area contributed by atoms with E-state index in [9.17, 15) is 9.59 Å². The van der Waals surface area contributed by atoms with Gasteiger partial charge in [0.25, 0.3) is 5.91 Å². The Morgan fingerprint density at radius 3 is 2.80 bits per heavy atom. The number of hydrogen-bond donors (Lipinski definition) is 1. The first-order chi connectivity index (χ1) is 11.9. The number of ether oxygens (including phenoxy) is 1. The number of esters is 1. The molecule has 1 amide bonds. The zero-order valence-corrected chi connectivity index (χ0v) is 16.0. The minimum absolute atomic E-state index is 0.181. The molecule has 1 saturated carbocycles. The minimum atomic E-state index is -0.800. The smallest absolute Gasteiger partial charge is 0.349 e. The van der Waals surface area contributed by atoms with Crippen LogP contribution < -0.4 is 5.32 Å². The predicted octanol–water partition coefficient (Wildman–Crippen LogP) is 3.18. The van der Waals surface area contributed by atoms with E-state index in [2.05, 4.69) is 17.3 Å². The number of aromatic nitrogens is 2. The molecule has 1 aliphatic rings. The first-order valence-electron chi connectivity index (χ1n) is 8.81. The summed E-state index contributed by atoms with van der Waals surface area (Å²) in [7, 11) is 1.85. The fourth-order valence-corrected chi connectivity index (χ4v) is 4.41. The van der Waals surface area contributed by atoms with E-state index in [1.165, 1.54) is 17.8 Å². The van der Waals surface area contributed by atoms with Crippen LogP contribution in [0, 0.1) is 12.8 Å². The summed E-state index contributed by atoms with van der Waals surface area (Å²) >= 11 is 1.34. The van der Waals surface area contributed by atoms with Gasteiger partial charge in [-0.2, -0.15) is 5.10 Å². The second-order valence-corrected chi connectivity index (χ2v) is 7.99. The van der Waals surface area contributed by atoms with Crippen molar-refractivity contribution in [2.24, 2.45) is 13.0 Å². The number of thiophene rings is 1. The van der Waals surface area contributed by atoms with E-state index in [1.807, 2.05) is 14.0 Å². The number of hydrogen-bond acceptors (Lipinski definition) is 5. The van der Waals surface area contributed by atoms with Crippen LogP contribution in [0.3, 0.4) is 0 Å². The maximum Gasteiger partial charge on any atom is 0.349 e. The Morgan fingerprint density at radius 2 is 2.12 bits per heavy atom. The summed E-state index contributed by atoms with van der Waals surface area (Å²) in [6.07, 6.45) is 3.69. The van der Waals surface area contributed by atoms with Gasteiger partial charge < -0.3 is 10.1 Å². The van der Waals surface area contributed by atoms with Crippen LogP contribution in [0.1, 0.15) is 54.9 Å². The average Bonchev–Trinajstić information content (AvgIpc) is 3.11. The topological polar surface area (TPSA) is 73.2 Å². The number of carbonyl (C=O) groups is 2. The van der Waals surface area contributed by atoms with Gasteiger partial charge in [0.15, 0.2) is 6.10 Å². The molecule has 0 radical (unpaired) electrons. The van der Waals surface area contributed by atoms with Crippen LogP contribution in [0.25, 0.3) is 10.2 Å². The molecule has 2 aromatic heterocycles. The van der Waals surface area contributed by atoms with Crippen LogP contribution >= 0.6 is 11.3 Å². The van der Waals surface area contributed by atoms with Crippen LogP contribution in [-0.2, 0) is 16.6 Å². The van der Waals surface area contributed by atoms with Crippen molar-refractivity contribution in [1.82, 2.24) is 15.1 Å². The first-order valence-corrected chi connectivity index (χ1v) is 9.63. The maximum absolute atomic E-state index is 12.4. The fraction of sp³-hybridized carbons (Fsp3) is 0.611. The van der Waals surface area contributed by atoms with Crippen LogP contribution in [-0.4, -0.2) is 33.8 Å². The summed E-state index contributed by atoms with van der Waals surface area (Å²) in [6, 6.07) is 1.97. The van der Waals surface area contributed by atoms with Gasteiger partial charge in [0, 0.05) is 18.5 Å². The van der Waals surface area contributed by atoms with Crippen molar-refractivity contribution in [2.75, 3.05) is 0 Å². The summed E-state index contributed by atoms with van der Waals surface area (Å²) in [5.74, 6) is -0.204. The van der Waals surface area contributed by atoms with Crippen LogP contribution in [0.2, 0.25) is 0 Å². The van der Waals surface area contributed by atoms with Crippen LogP contribution in [0.15, 0.2) is 6.07 Å². The fourth-order valence-electron chi connectivity index (χ4n) is 3.41. The molecule has 2 aromatic rings. The van der Waals surface area contributed by atoms with Crippen LogP contribution in [0.5, 0.6) is 0 Å². The number of nitrogens with zero attached hydrogens (tertiary/aromatic N) is 2. The summed E-state index contributed by atoms with van der Waals surface area (Å²) in [6.45, 7) is 5.70. The zero-order chi connectivity index (χ0) is 18.1. The van der Waals surface area contributed by atoms with E-state index in [0.29, 0.717) is 10.8 Å². The highest BCUT2D eigenvalue weighted by molar-refractivity contribution is 7.20. The Morgan fingerprint density at radius 1 is 1.40 bits per heavy atom. The highest BCUT2D eigenvalue weighted by Crippen LogP contribution is 2.28. The van der Waals surface area contributed by atoms with Gasteiger partial charge in [-0.25, -0.2) is 4.79 Å². The molecule has 6 nitrogen and oxygen atoms in total. The molecule has 1 fully saturated rings. The third kappa shape index (κ3) is 3.71. The summed E-state index contributed by atoms with van der Waals surface area (Å²) in [4.78, 5) is 26.2. The largest absolute Gasteiger partial charge is 0.448 e. The number of rotatable bonds is 4. The number of carbonyl (C=O) groups excluding carboxylic acids is 2. The Labute approximate surface area is 151 Å². The quantitative estimate of drug-likeness (QED) is 0.847. The molecular formula is C18H25N3O3S. The lowest BCUT2D eigenvalue weighted by molar-refractivity contribution is -0.130. The molecule has 0 bridgehead atoms. The van der Waals surface area contributed by atoms with E-state index in [4.69, 9.17) is 4.74 Å². The lowest BCUT2D eigenvalue weighted by Crippen LogP contribution is -2.45. The average molecular weight is 363 g/mol. The van der Waals surface area contributed by atoms with E-state index in [-0.39, 0.29) is 11.9 Å². The Balaban J connectivity index is 1.62. The minimum Gasteiger partial charge on any atom is -0.448 e. The number of nitrogens with one attached hydrogen (secondary N) is 1. The Kier molecular flexibility index (Phi) is 5.13. The van der Waals surface area contributed by atoms with E-state index < -0.39 is 12.1 Å². The third-order valence-corrected chi connectivity index (χ3v) is 6.17. The maximum atomic E-state index is 12.4. The van der Waals surface area contributed by atoms with Gasteiger partial charge in [-0.15, -0.1) is 11.3 Å². The molecule has 7 heteroatoms. The van der Waals surface area contributed by atoms with Gasteiger partial charge in [0.1, 0.15) is 9.71 Å². The Bertz CT molecular complexity index is 760. The van der Waals surface area contributed by atoms with Crippen LogP contribution in [0.4, 0.5) is 0 Å². The van der Waals surface area contributed by atoms with Crippen molar-refractivity contribution in [3.05, 3.63) is 16.6 Å². The van der Waals surface area contributed by atoms with Crippen molar-refractivity contribution in [3.63, 3.8) is 0 Å². The van der Waals surface area contributed by atoms with E-state index in [1.54, 1.807) is 17.7 Å². The number of amides is 1. The number of fused-ring (bicyclic) bond motifs is 1. The van der Waals surface area contributed by atoms with Crippen molar-refractivity contribution < 1.29 is 14.3 Å². The van der Waals surface area contributed by atoms with Gasteiger partial charge in [0.05, 0.1) is 5.69 Å². The van der Waals surface area contributed by atoms with Crippen molar-refractivity contribution in [2.45, 2.75) is 58.6 Å².